The molecule has 1 spiro atoms. The van der Waals surface area contributed by atoms with Gasteiger partial charge in [0.05, 0.1) is 17.4 Å². The van der Waals surface area contributed by atoms with Crippen LogP contribution in [0.1, 0.15) is 55.2 Å². The van der Waals surface area contributed by atoms with E-state index in [0.717, 1.165) is 66.7 Å². The first-order chi connectivity index (χ1) is 17.4. The molecule has 3 N–H and O–H groups in total. The normalized spacial score (nSPS) is 31.5. The van der Waals surface area contributed by atoms with Gasteiger partial charge in [-0.25, -0.2) is 0 Å². The van der Waals surface area contributed by atoms with Crippen molar-refractivity contribution in [3.8, 4) is 11.5 Å². The van der Waals surface area contributed by atoms with Gasteiger partial charge in [-0.1, -0.05) is 40.2 Å². The number of carbonyl (C=O) groups excluding carboxylic acids is 1. The Bertz CT molecular complexity index is 1180. The number of likely N-dealkylation sites (tertiary alicyclic amines) is 1. The zero-order valence-corrected chi connectivity index (χ0v) is 22.4. The second kappa shape index (κ2) is 9.03. The van der Waals surface area contributed by atoms with Gasteiger partial charge >= 0.3 is 0 Å². The topological polar surface area (TPSA) is 82.0 Å². The molecule has 7 heteroatoms. The number of phenolic OH excluding ortho intramolecular Hbond substituents is 1. The number of ether oxygens (including phenoxy) is 1. The van der Waals surface area contributed by atoms with Crippen LogP contribution in [0.2, 0.25) is 0 Å². The first-order valence-electron chi connectivity index (χ1n) is 13.3. The number of likely N-dealkylation sites (N-methyl/N-ethyl adjacent to an activating group) is 1. The maximum Gasteiger partial charge on any atom is 0.224 e. The van der Waals surface area contributed by atoms with E-state index in [1.807, 2.05) is 24.3 Å². The van der Waals surface area contributed by atoms with Crippen LogP contribution in [-0.2, 0) is 23.1 Å². The molecule has 36 heavy (non-hydrogen) atoms. The molecule has 1 saturated heterocycles. The third-order valence-corrected chi connectivity index (χ3v) is 10.0. The van der Waals surface area contributed by atoms with Gasteiger partial charge in [-0.15, -0.1) is 0 Å². The van der Waals surface area contributed by atoms with Crippen molar-refractivity contribution < 1.29 is 19.7 Å². The van der Waals surface area contributed by atoms with E-state index < -0.39 is 5.60 Å². The van der Waals surface area contributed by atoms with Gasteiger partial charge in [-0.2, -0.15) is 0 Å². The van der Waals surface area contributed by atoms with Crippen LogP contribution in [0.25, 0.3) is 0 Å². The molecule has 2 aromatic carbocycles. The summed E-state index contributed by atoms with van der Waals surface area (Å²) in [5.74, 6) is 1.80. The molecule has 192 valence electrons. The van der Waals surface area contributed by atoms with Crippen molar-refractivity contribution >= 4 is 21.8 Å². The van der Waals surface area contributed by atoms with Crippen LogP contribution in [0, 0.1) is 5.92 Å². The summed E-state index contributed by atoms with van der Waals surface area (Å²) < 4.78 is 7.25. The molecule has 3 aliphatic carbocycles. The summed E-state index contributed by atoms with van der Waals surface area (Å²) in [6.45, 7) is 2.20. The molecule has 6 nitrogen and oxygen atoms in total. The Labute approximate surface area is 221 Å². The van der Waals surface area contributed by atoms with Crippen molar-refractivity contribution in [2.45, 2.75) is 74.5 Å². The highest BCUT2D eigenvalue weighted by Gasteiger charge is 2.71. The van der Waals surface area contributed by atoms with Gasteiger partial charge in [-0.3, -0.25) is 9.69 Å². The molecule has 2 aromatic rings. The number of rotatable bonds is 4. The van der Waals surface area contributed by atoms with E-state index in [0.29, 0.717) is 12.2 Å². The van der Waals surface area contributed by atoms with Crippen LogP contribution in [0.4, 0.5) is 0 Å². The fourth-order valence-corrected chi connectivity index (χ4v) is 7.80. The summed E-state index contributed by atoms with van der Waals surface area (Å²) in [4.78, 5) is 13.6. The number of nitrogens with one attached hydrogen (secondary N) is 1. The largest absolute Gasteiger partial charge is 0.504 e. The lowest BCUT2D eigenvalue weighted by Gasteiger charge is -2.63. The van der Waals surface area contributed by atoms with Crippen LogP contribution in [-0.4, -0.2) is 58.9 Å². The summed E-state index contributed by atoms with van der Waals surface area (Å²) in [5, 5.41) is 24.9. The lowest BCUT2D eigenvalue weighted by Crippen LogP contribution is -2.75. The predicted octanol–water partition coefficient (Wildman–Crippen LogP) is 4.08. The molecule has 2 heterocycles. The molecule has 2 aliphatic heterocycles. The van der Waals surface area contributed by atoms with Gasteiger partial charge in [0.1, 0.15) is 6.10 Å². The van der Waals surface area contributed by atoms with E-state index in [9.17, 15) is 15.0 Å². The van der Waals surface area contributed by atoms with Crippen molar-refractivity contribution in [1.29, 1.82) is 0 Å². The van der Waals surface area contributed by atoms with Crippen LogP contribution < -0.4 is 10.1 Å². The van der Waals surface area contributed by atoms with E-state index in [2.05, 4.69) is 32.2 Å². The van der Waals surface area contributed by atoms with Crippen LogP contribution in [0.5, 0.6) is 11.5 Å². The van der Waals surface area contributed by atoms with E-state index >= 15 is 0 Å². The molecule has 2 bridgehead atoms. The maximum atomic E-state index is 12.0. The van der Waals surface area contributed by atoms with Gasteiger partial charge in [0.2, 0.25) is 5.91 Å². The molecular weight excluding hydrogens is 520 g/mol. The number of phenols is 1. The van der Waals surface area contributed by atoms with Crippen LogP contribution in [0.15, 0.2) is 40.9 Å². The smallest absolute Gasteiger partial charge is 0.224 e. The Balaban J connectivity index is 0.000000171. The number of carbonyl (C=O) groups is 1. The minimum Gasteiger partial charge on any atom is -0.504 e. The van der Waals surface area contributed by atoms with Gasteiger partial charge < -0.3 is 20.3 Å². The average molecular weight is 556 g/mol. The second-order valence-corrected chi connectivity index (χ2v) is 12.0. The number of nitrogens with zero attached hydrogens (tertiary/aromatic N) is 1. The van der Waals surface area contributed by atoms with Crippen molar-refractivity contribution in [2.75, 3.05) is 20.1 Å². The Morgan fingerprint density at radius 1 is 1.19 bits per heavy atom. The number of amides is 1. The first-order valence-corrected chi connectivity index (χ1v) is 14.1. The quantitative estimate of drug-likeness (QED) is 0.530. The number of aliphatic hydroxyl groups is 1. The standard InChI is InChI=1S/C20H25NO3.C9H10BrNO/c22-14-6-5-13-10-15-20(23)7-1-2-16-19(20,17(13)18(14)24-16)8-9-21(15)11-12-3-4-12;1-11-9(12)6-7-4-2-3-5-8(7)10/h5-6,12,15-16,22-23H,1-4,7-11H2;2-5H,6H2,1H3,(H,11,12)/t15-,16+,19-,20-;/m1./s1. The van der Waals surface area contributed by atoms with E-state index in [4.69, 9.17) is 4.74 Å². The van der Waals surface area contributed by atoms with Gasteiger partial charge in [0, 0.05) is 29.7 Å². The highest BCUT2D eigenvalue weighted by Crippen LogP contribution is 2.65. The first kappa shape index (κ1) is 24.3. The highest BCUT2D eigenvalue weighted by molar-refractivity contribution is 9.10. The monoisotopic (exact) mass is 554 g/mol. The zero-order chi connectivity index (χ0) is 25.1. The minimum absolute atomic E-state index is 0.0295. The molecule has 4 atom stereocenters. The Kier molecular flexibility index (Phi) is 6.09. The zero-order valence-electron chi connectivity index (χ0n) is 20.8. The second-order valence-electron chi connectivity index (χ2n) is 11.2. The van der Waals surface area contributed by atoms with Crippen LogP contribution in [0.3, 0.4) is 0 Å². The lowest BCUT2D eigenvalue weighted by atomic mass is 9.49. The summed E-state index contributed by atoms with van der Waals surface area (Å²) in [6, 6.07) is 11.8. The molecule has 0 unspecified atom stereocenters. The van der Waals surface area contributed by atoms with Crippen molar-refractivity contribution in [3.63, 3.8) is 0 Å². The summed E-state index contributed by atoms with van der Waals surface area (Å²) in [5.41, 5.74) is 2.46. The van der Waals surface area contributed by atoms with Gasteiger partial charge in [0.15, 0.2) is 11.5 Å². The lowest BCUT2D eigenvalue weighted by molar-refractivity contribution is -0.185. The molecule has 0 aromatic heterocycles. The number of hydrogen-bond donors (Lipinski definition) is 3. The third-order valence-electron chi connectivity index (χ3n) is 9.25. The summed E-state index contributed by atoms with van der Waals surface area (Å²) in [7, 11) is 1.64. The fraction of sp³-hybridized carbons (Fsp3) is 0.552. The van der Waals surface area contributed by atoms with Crippen molar-refractivity contribution in [2.24, 2.45) is 5.92 Å². The number of benzene rings is 2. The van der Waals surface area contributed by atoms with Crippen LogP contribution >= 0.6 is 15.9 Å². The molecule has 3 fully saturated rings. The van der Waals surface area contributed by atoms with Gasteiger partial charge in [0.25, 0.3) is 0 Å². The molecule has 7 rings (SSSR count). The number of aromatic hydroxyl groups is 1. The Morgan fingerprint density at radius 3 is 2.75 bits per heavy atom. The SMILES string of the molecule is CNC(=O)Cc1ccccc1Br.Oc1ccc2c3c1O[C@H]1CCC[C@@]4(O)[C@@H](C2)N(CC2CC2)CC[C@]314. The highest BCUT2D eigenvalue weighted by atomic mass is 79.9. The number of halogens is 1. The summed E-state index contributed by atoms with van der Waals surface area (Å²) in [6.07, 6.45) is 7.89. The summed E-state index contributed by atoms with van der Waals surface area (Å²) >= 11 is 3.37. The Morgan fingerprint density at radius 2 is 2.00 bits per heavy atom. The average Bonchev–Trinajstić information content (AvgIpc) is 3.61. The Hall–Kier alpha value is -2.09. The van der Waals surface area contributed by atoms with E-state index in [1.54, 1.807) is 13.1 Å². The molecular formula is C29H35BrN2O4. The minimum atomic E-state index is -0.699. The maximum absolute atomic E-state index is 12.0. The van der Waals surface area contributed by atoms with E-state index in [1.165, 1.54) is 18.4 Å². The van der Waals surface area contributed by atoms with Gasteiger partial charge in [-0.05, 0) is 80.7 Å². The van der Waals surface area contributed by atoms with Crippen molar-refractivity contribution in [1.82, 2.24) is 10.2 Å². The molecule has 1 amide bonds. The van der Waals surface area contributed by atoms with Crippen molar-refractivity contribution in [3.05, 3.63) is 57.6 Å². The predicted molar refractivity (Wildman–Crippen MR) is 141 cm³/mol. The molecule has 2 saturated carbocycles. The van der Waals surface area contributed by atoms with E-state index in [-0.39, 0.29) is 29.2 Å². The fourth-order valence-electron chi connectivity index (χ4n) is 7.38. The molecule has 5 aliphatic rings. The molecule has 0 radical (unpaired) electrons. The third kappa shape index (κ3) is 3.69. The number of hydrogen-bond acceptors (Lipinski definition) is 5. The number of piperidine rings is 1.